The lowest BCUT2D eigenvalue weighted by Crippen LogP contribution is -2.42. The van der Waals surface area contributed by atoms with E-state index in [0.717, 1.165) is 19.3 Å². The Bertz CT molecular complexity index is 333. The molecule has 0 unspecified atom stereocenters. The first-order valence-corrected chi connectivity index (χ1v) is 6.94. The van der Waals surface area contributed by atoms with Gasteiger partial charge in [-0.15, -0.1) is 0 Å². The number of carbonyl (C=O) groups is 2. The van der Waals surface area contributed by atoms with E-state index >= 15 is 0 Å². The standard InChI is InChI=1S/C15H26O3/c1-6-7-13(17)18-10-12(16)15(5)9-8-11(2)14(15,3)4/h11H,6-10H2,1-5H3/t11-,15-/m0/s1. The smallest absolute Gasteiger partial charge is 0.306 e. The van der Waals surface area contributed by atoms with Gasteiger partial charge in [-0.3, -0.25) is 9.59 Å². The summed E-state index contributed by atoms with van der Waals surface area (Å²) in [4.78, 5) is 23.7. The van der Waals surface area contributed by atoms with Crippen molar-refractivity contribution in [1.82, 2.24) is 0 Å². The van der Waals surface area contributed by atoms with Crippen LogP contribution in [0.15, 0.2) is 0 Å². The zero-order chi connectivity index (χ0) is 14.0. The Morgan fingerprint density at radius 1 is 1.28 bits per heavy atom. The Kier molecular flexibility index (Phi) is 4.57. The molecule has 18 heavy (non-hydrogen) atoms. The van der Waals surface area contributed by atoms with Crippen molar-refractivity contribution in [2.24, 2.45) is 16.7 Å². The van der Waals surface area contributed by atoms with Crippen LogP contribution < -0.4 is 0 Å². The summed E-state index contributed by atoms with van der Waals surface area (Å²) in [5, 5.41) is 0. The molecule has 0 aromatic heterocycles. The molecule has 1 fully saturated rings. The Balaban J connectivity index is 2.64. The highest BCUT2D eigenvalue weighted by Crippen LogP contribution is 2.56. The Morgan fingerprint density at radius 2 is 1.89 bits per heavy atom. The van der Waals surface area contributed by atoms with E-state index in [0.29, 0.717) is 12.3 Å². The second-order valence-electron chi connectivity index (χ2n) is 6.33. The highest BCUT2D eigenvalue weighted by Gasteiger charge is 2.53. The molecule has 0 heterocycles. The first-order chi connectivity index (χ1) is 8.25. The molecule has 1 aliphatic carbocycles. The molecule has 1 rings (SSSR count). The van der Waals surface area contributed by atoms with Crippen molar-refractivity contribution >= 4 is 11.8 Å². The quantitative estimate of drug-likeness (QED) is 0.706. The van der Waals surface area contributed by atoms with Crippen LogP contribution in [0.3, 0.4) is 0 Å². The van der Waals surface area contributed by atoms with Gasteiger partial charge in [-0.1, -0.05) is 34.6 Å². The number of hydrogen-bond donors (Lipinski definition) is 0. The number of esters is 1. The third-order valence-electron chi connectivity index (χ3n) is 5.17. The molecule has 0 spiro atoms. The first kappa shape index (κ1) is 15.2. The topological polar surface area (TPSA) is 43.4 Å². The van der Waals surface area contributed by atoms with E-state index in [1.165, 1.54) is 0 Å². The van der Waals surface area contributed by atoms with Crippen molar-refractivity contribution in [2.75, 3.05) is 6.61 Å². The van der Waals surface area contributed by atoms with Gasteiger partial charge in [-0.2, -0.15) is 0 Å². The Hall–Kier alpha value is -0.860. The minimum atomic E-state index is -0.362. The molecule has 3 heteroatoms. The van der Waals surface area contributed by atoms with E-state index in [1.54, 1.807) is 0 Å². The van der Waals surface area contributed by atoms with Gasteiger partial charge in [0.15, 0.2) is 12.4 Å². The van der Waals surface area contributed by atoms with Gasteiger partial charge in [0.25, 0.3) is 0 Å². The number of ketones is 1. The molecule has 3 nitrogen and oxygen atoms in total. The largest absolute Gasteiger partial charge is 0.458 e. The fraction of sp³-hybridized carbons (Fsp3) is 0.867. The van der Waals surface area contributed by atoms with Gasteiger partial charge in [-0.25, -0.2) is 0 Å². The lowest BCUT2D eigenvalue weighted by atomic mass is 9.64. The second kappa shape index (κ2) is 5.41. The molecule has 0 saturated heterocycles. The summed E-state index contributed by atoms with van der Waals surface area (Å²) in [6.07, 6.45) is 3.11. The van der Waals surface area contributed by atoms with Crippen molar-refractivity contribution in [3.05, 3.63) is 0 Å². The maximum Gasteiger partial charge on any atom is 0.306 e. The van der Waals surface area contributed by atoms with Crippen molar-refractivity contribution in [3.63, 3.8) is 0 Å². The summed E-state index contributed by atoms with van der Waals surface area (Å²) in [6, 6.07) is 0. The molecule has 1 aliphatic rings. The van der Waals surface area contributed by atoms with E-state index in [1.807, 2.05) is 13.8 Å². The molecule has 0 aromatic carbocycles. The van der Waals surface area contributed by atoms with Crippen LogP contribution in [-0.2, 0) is 14.3 Å². The number of ether oxygens (including phenoxy) is 1. The third-order valence-corrected chi connectivity index (χ3v) is 5.17. The van der Waals surface area contributed by atoms with Gasteiger partial charge in [-0.05, 0) is 30.6 Å². The van der Waals surface area contributed by atoms with Gasteiger partial charge in [0.05, 0.1) is 0 Å². The summed E-state index contributed by atoms with van der Waals surface area (Å²) in [5.41, 5.74) is -0.389. The monoisotopic (exact) mass is 254 g/mol. The minimum Gasteiger partial charge on any atom is -0.458 e. The van der Waals surface area contributed by atoms with Crippen molar-refractivity contribution < 1.29 is 14.3 Å². The summed E-state index contributed by atoms with van der Waals surface area (Å²) in [7, 11) is 0. The van der Waals surface area contributed by atoms with Gasteiger partial charge in [0.2, 0.25) is 0 Å². The fourth-order valence-electron chi connectivity index (χ4n) is 2.81. The molecule has 0 amide bonds. The number of Topliss-reactive ketones (excluding diaryl/α,β-unsaturated/α-hetero) is 1. The van der Waals surface area contributed by atoms with Crippen molar-refractivity contribution in [1.29, 1.82) is 0 Å². The average Bonchev–Trinajstić information content (AvgIpc) is 2.51. The van der Waals surface area contributed by atoms with E-state index in [4.69, 9.17) is 4.74 Å². The molecule has 2 atom stereocenters. The highest BCUT2D eigenvalue weighted by molar-refractivity contribution is 5.88. The SMILES string of the molecule is CCCC(=O)OCC(=O)[C@]1(C)CC[C@H](C)C1(C)C. The van der Waals surface area contributed by atoms with E-state index in [2.05, 4.69) is 20.8 Å². The van der Waals surface area contributed by atoms with Crippen LogP contribution >= 0.6 is 0 Å². The predicted molar refractivity (Wildman–Crippen MR) is 71.2 cm³/mol. The molecule has 0 radical (unpaired) electrons. The molecular weight excluding hydrogens is 228 g/mol. The molecule has 0 aliphatic heterocycles. The molecular formula is C15H26O3. The molecule has 104 valence electrons. The van der Waals surface area contributed by atoms with Crippen LogP contribution in [0, 0.1) is 16.7 Å². The van der Waals surface area contributed by atoms with Gasteiger partial charge >= 0.3 is 5.97 Å². The zero-order valence-electron chi connectivity index (χ0n) is 12.3. The van der Waals surface area contributed by atoms with Crippen LogP contribution in [0.25, 0.3) is 0 Å². The molecule has 0 N–H and O–H groups in total. The number of carbonyl (C=O) groups excluding carboxylic acids is 2. The fourth-order valence-corrected chi connectivity index (χ4v) is 2.81. The van der Waals surface area contributed by atoms with Crippen LogP contribution in [-0.4, -0.2) is 18.4 Å². The van der Waals surface area contributed by atoms with Crippen LogP contribution in [0.4, 0.5) is 0 Å². The Labute approximate surface area is 110 Å². The zero-order valence-corrected chi connectivity index (χ0v) is 12.3. The number of hydrogen-bond acceptors (Lipinski definition) is 3. The van der Waals surface area contributed by atoms with Gasteiger partial charge in [0.1, 0.15) is 0 Å². The van der Waals surface area contributed by atoms with E-state index < -0.39 is 0 Å². The average molecular weight is 254 g/mol. The Morgan fingerprint density at radius 3 is 2.33 bits per heavy atom. The van der Waals surface area contributed by atoms with Crippen molar-refractivity contribution in [2.45, 2.75) is 60.3 Å². The maximum atomic E-state index is 12.4. The first-order valence-electron chi connectivity index (χ1n) is 6.94. The summed E-state index contributed by atoms with van der Waals surface area (Å²) in [6.45, 7) is 10.4. The minimum absolute atomic E-state index is 0.0265. The van der Waals surface area contributed by atoms with Gasteiger partial charge in [0, 0.05) is 11.8 Å². The lowest BCUT2D eigenvalue weighted by Gasteiger charge is -2.39. The molecule has 0 bridgehead atoms. The van der Waals surface area contributed by atoms with Gasteiger partial charge < -0.3 is 4.74 Å². The number of rotatable bonds is 5. The summed E-state index contributed by atoms with van der Waals surface area (Å²) < 4.78 is 5.06. The third kappa shape index (κ3) is 2.60. The maximum absolute atomic E-state index is 12.4. The van der Waals surface area contributed by atoms with Crippen LogP contribution in [0.5, 0.6) is 0 Å². The molecule has 0 aromatic rings. The van der Waals surface area contributed by atoms with E-state index in [9.17, 15) is 9.59 Å². The molecule has 1 saturated carbocycles. The van der Waals surface area contributed by atoms with Crippen LogP contribution in [0.1, 0.15) is 60.3 Å². The predicted octanol–water partition coefficient (Wildman–Crippen LogP) is 3.36. The lowest BCUT2D eigenvalue weighted by molar-refractivity contribution is -0.152. The highest BCUT2D eigenvalue weighted by atomic mass is 16.5. The normalized spacial score (nSPS) is 30.2. The summed E-state index contributed by atoms with van der Waals surface area (Å²) >= 11 is 0. The second-order valence-corrected chi connectivity index (χ2v) is 6.33. The summed E-state index contributed by atoms with van der Waals surface area (Å²) in [5.74, 6) is 0.331. The van der Waals surface area contributed by atoms with E-state index in [-0.39, 0.29) is 29.2 Å². The van der Waals surface area contributed by atoms with Crippen molar-refractivity contribution in [3.8, 4) is 0 Å². The van der Waals surface area contributed by atoms with Crippen LogP contribution in [0.2, 0.25) is 0 Å².